The minimum Gasteiger partial charge on any atom is -0.500 e. The maximum Gasteiger partial charge on any atom is 0.106 e. The first-order chi connectivity index (χ1) is 14.4. The summed E-state index contributed by atoms with van der Waals surface area (Å²) in [4.78, 5) is 4.94. The molecule has 0 aromatic carbocycles. The topological polar surface area (TPSA) is 24.9 Å². The molecule has 1 fully saturated rings. The molecule has 0 aromatic rings. The van der Waals surface area contributed by atoms with E-state index in [0.29, 0.717) is 0 Å². The van der Waals surface area contributed by atoms with Crippen LogP contribution in [0.2, 0.25) is 0 Å². The van der Waals surface area contributed by atoms with Gasteiger partial charge in [-0.1, -0.05) is 46.0 Å². The molecule has 0 saturated carbocycles. The summed E-state index contributed by atoms with van der Waals surface area (Å²) in [6.07, 6.45) is 17.3. The van der Waals surface area contributed by atoms with Gasteiger partial charge < -0.3 is 19.3 Å². The summed E-state index contributed by atoms with van der Waals surface area (Å²) in [6, 6.07) is 0. The first kappa shape index (κ1) is 25.3. The molecular weight excluding hydrogens is 372 g/mol. The van der Waals surface area contributed by atoms with Gasteiger partial charge in [0.1, 0.15) is 11.5 Å². The SMILES string of the molecule is CCCC1(CCC)C(OC)=CC2(C=C1OC)CCN(CCCCCCCN(C)C)C2. The van der Waals surface area contributed by atoms with Crippen molar-refractivity contribution in [2.75, 3.05) is 54.5 Å². The predicted octanol–water partition coefficient (Wildman–Crippen LogP) is 5.85. The van der Waals surface area contributed by atoms with E-state index in [-0.39, 0.29) is 10.8 Å². The van der Waals surface area contributed by atoms with E-state index in [1.54, 1.807) is 0 Å². The summed E-state index contributed by atoms with van der Waals surface area (Å²) in [5.41, 5.74) is 0.00556. The number of methoxy groups -OCH3 is 2. The zero-order valence-electron chi connectivity index (χ0n) is 20.8. The highest BCUT2D eigenvalue weighted by atomic mass is 16.5. The van der Waals surface area contributed by atoms with Crippen LogP contribution in [0, 0.1) is 10.8 Å². The summed E-state index contributed by atoms with van der Waals surface area (Å²) in [7, 11) is 8.02. The smallest absolute Gasteiger partial charge is 0.106 e. The van der Waals surface area contributed by atoms with Crippen molar-refractivity contribution < 1.29 is 9.47 Å². The molecular formula is C26H48N2O2. The van der Waals surface area contributed by atoms with E-state index < -0.39 is 0 Å². The van der Waals surface area contributed by atoms with Crippen molar-refractivity contribution in [3.05, 3.63) is 23.7 Å². The molecule has 1 saturated heterocycles. The summed E-state index contributed by atoms with van der Waals surface area (Å²) in [5, 5.41) is 0. The highest BCUT2D eigenvalue weighted by molar-refractivity contribution is 5.35. The van der Waals surface area contributed by atoms with E-state index in [1.807, 2.05) is 14.2 Å². The number of likely N-dealkylation sites (tertiary alicyclic amines) is 1. The molecule has 1 spiro atoms. The van der Waals surface area contributed by atoms with Crippen LogP contribution in [0.5, 0.6) is 0 Å². The lowest BCUT2D eigenvalue weighted by atomic mass is 9.67. The summed E-state index contributed by atoms with van der Waals surface area (Å²) in [5.74, 6) is 2.29. The summed E-state index contributed by atoms with van der Waals surface area (Å²) < 4.78 is 12.1. The molecule has 174 valence electrons. The van der Waals surface area contributed by atoms with Gasteiger partial charge in [0.25, 0.3) is 0 Å². The van der Waals surface area contributed by atoms with Crippen LogP contribution >= 0.6 is 0 Å². The first-order valence-corrected chi connectivity index (χ1v) is 12.4. The average molecular weight is 421 g/mol. The lowest BCUT2D eigenvalue weighted by Crippen LogP contribution is -2.36. The van der Waals surface area contributed by atoms with Crippen molar-refractivity contribution >= 4 is 0 Å². The Morgan fingerprint density at radius 2 is 1.47 bits per heavy atom. The largest absolute Gasteiger partial charge is 0.500 e. The fourth-order valence-electron chi connectivity index (χ4n) is 5.60. The molecule has 0 aromatic heterocycles. The minimum atomic E-state index is -0.0712. The molecule has 4 heteroatoms. The van der Waals surface area contributed by atoms with Gasteiger partial charge in [-0.15, -0.1) is 0 Å². The number of nitrogens with zero attached hydrogens (tertiary/aromatic N) is 2. The molecule has 0 atom stereocenters. The Morgan fingerprint density at radius 1 is 0.900 bits per heavy atom. The van der Waals surface area contributed by atoms with E-state index in [4.69, 9.17) is 9.47 Å². The van der Waals surface area contributed by atoms with Crippen molar-refractivity contribution in [2.24, 2.45) is 10.8 Å². The molecule has 4 nitrogen and oxygen atoms in total. The van der Waals surface area contributed by atoms with E-state index in [0.717, 1.165) is 43.7 Å². The monoisotopic (exact) mass is 420 g/mol. The van der Waals surface area contributed by atoms with Gasteiger partial charge in [0.05, 0.1) is 19.6 Å². The third-order valence-electron chi connectivity index (χ3n) is 7.06. The van der Waals surface area contributed by atoms with Gasteiger partial charge in [0, 0.05) is 12.0 Å². The van der Waals surface area contributed by atoms with E-state index >= 15 is 0 Å². The Hall–Kier alpha value is -1.00. The standard InChI is InChI=1S/C26H48N2O2/c1-7-14-26(15-8-2)23(29-5)20-25(21-24(26)30-6)16-19-28(22-25)18-13-11-9-10-12-17-27(3)4/h20-21H,7-19,22H2,1-6H3. The van der Waals surface area contributed by atoms with Crippen LogP contribution in [-0.4, -0.2) is 64.3 Å². The normalized spacial score (nSPS) is 20.5. The van der Waals surface area contributed by atoms with Crippen LogP contribution < -0.4 is 0 Å². The molecule has 0 amide bonds. The van der Waals surface area contributed by atoms with Crippen LogP contribution in [0.15, 0.2) is 23.7 Å². The average Bonchev–Trinajstić information content (AvgIpc) is 3.11. The fourth-order valence-corrected chi connectivity index (χ4v) is 5.60. The first-order valence-electron chi connectivity index (χ1n) is 12.4. The molecule has 0 N–H and O–H groups in total. The predicted molar refractivity (Wildman–Crippen MR) is 128 cm³/mol. The second kappa shape index (κ2) is 12.1. The van der Waals surface area contributed by atoms with Crippen LogP contribution in [0.1, 0.15) is 78.1 Å². The molecule has 0 radical (unpaired) electrons. The van der Waals surface area contributed by atoms with Crippen molar-refractivity contribution in [1.82, 2.24) is 9.80 Å². The van der Waals surface area contributed by atoms with Gasteiger partial charge in [-0.3, -0.25) is 0 Å². The second-order valence-electron chi connectivity index (χ2n) is 9.84. The van der Waals surface area contributed by atoms with Gasteiger partial charge >= 0.3 is 0 Å². The Balaban J connectivity index is 1.96. The molecule has 1 aliphatic heterocycles. The highest BCUT2D eigenvalue weighted by Gasteiger charge is 2.48. The van der Waals surface area contributed by atoms with E-state index in [9.17, 15) is 0 Å². The Bertz CT molecular complexity index is 537. The highest BCUT2D eigenvalue weighted by Crippen LogP contribution is 2.53. The molecule has 0 unspecified atom stereocenters. The zero-order valence-corrected chi connectivity index (χ0v) is 20.8. The third-order valence-corrected chi connectivity index (χ3v) is 7.06. The number of hydrogen-bond acceptors (Lipinski definition) is 4. The van der Waals surface area contributed by atoms with Gasteiger partial charge in [0.15, 0.2) is 0 Å². The quantitative estimate of drug-likeness (QED) is 0.329. The Labute approximate surface area is 186 Å². The van der Waals surface area contributed by atoms with Crippen LogP contribution in [-0.2, 0) is 9.47 Å². The third kappa shape index (κ3) is 6.26. The van der Waals surface area contributed by atoms with E-state index in [1.165, 1.54) is 58.2 Å². The van der Waals surface area contributed by atoms with Crippen molar-refractivity contribution in [3.8, 4) is 0 Å². The number of unbranched alkanes of at least 4 members (excludes halogenated alkanes) is 4. The van der Waals surface area contributed by atoms with Gasteiger partial charge in [0.2, 0.25) is 0 Å². The van der Waals surface area contributed by atoms with Crippen molar-refractivity contribution in [2.45, 2.75) is 78.1 Å². The van der Waals surface area contributed by atoms with Crippen LogP contribution in [0.25, 0.3) is 0 Å². The van der Waals surface area contributed by atoms with Crippen molar-refractivity contribution in [3.63, 3.8) is 0 Å². The number of ether oxygens (including phenoxy) is 2. The molecule has 0 bridgehead atoms. The minimum absolute atomic E-state index is 0.0712. The van der Waals surface area contributed by atoms with Crippen LogP contribution in [0.3, 0.4) is 0 Å². The summed E-state index contributed by atoms with van der Waals surface area (Å²) >= 11 is 0. The Morgan fingerprint density at radius 3 is 2.00 bits per heavy atom. The molecule has 2 rings (SSSR count). The maximum atomic E-state index is 6.04. The molecule has 1 aliphatic carbocycles. The molecule has 2 aliphatic rings. The molecule has 1 heterocycles. The van der Waals surface area contributed by atoms with E-state index in [2.05, 4.69) is 49.9 Å². The lowest BCUT2D eigenvalue weighted by molar-refractivity contribution is 0.0936. The Kier molecular flexibility index (Phi) is 10.2. The van der Waals surface area contributed by atoms with Gasteiger partial charge in [-0.2, -0.15) is 0 Å². The van der Waals surface area contributed by atoms with Crippen molar-refractivity contribution in [1.29, 1.82) is 0 Å². The van der Waals surface area contributed by atoms with Gasteiger partial charge in [-0.05, 0) is 78.0 Å². The number of rotatable bonds is 14. The molecule has 30 heavy (non-hydrogen) atoms. The van der Waals surface area contributed by atoms with Crippen LogP contribution in [0.4, 0.5) is 0 Å². The van der Waals surface area contributed by atoms with Gasteiger partial charge in [-0.25, -0.2) is 0 Å². The fraction of sp³-hybridized carbons (Fsp3) is 0.846. The summed E-state index contributed by atoms with van der Waals surface area (Å²) in [6.45, 7) is 9.24. The number of hydrogen-bond donors (Lipinski definition) is 0. The lowest BCUT2D eigenvalue weighted by Gasteiger charge is -2.42. The second-order valence-corrected chi connectivity index (χ2v) is 9.84. The maximum absolute atomic E-state index is 6.04. The zero-order chi connectivity index (χ0) is 22.0.